The lowest BCUT2D eigenvalue weighted by Gasteiger charge is -2.11. The zero-order valence-electron chi connectivity index (χ0n) is 10.3. The summed E-state index contributed by atoms with van der Waals surface area (Å²) in [6, 6.07) is 18.0. The van der Waals surface area contributed by atoms with Crippen LogP contribution in [0.5, 0.6) is 0 Å². The number of nitrogens with zero attached hydrogens (tertiary/aromatic N) is 1. The van der Waals surface area contributed by atoms with Crippen molar-refractivity contribution in [1.29, 1.82) is 0 Å². The highest BCUT2D eigenvalue weighted by Gasteiger charge is 2.10. The summed E-state index contributed by atoms with van der Waals surface area (Å²) in [5.74, 6) is 0. The molecule has 0 N–H and O–H groups in total. The van der Waals surface area contributed by atoms with Crippen LogP contribution >= 0.6 is 0 Å². The van der Waals surface area contributed by atoms with Crippen molar-refractivity contribution < 1.29 is 4.79 Å². The summed E-state index contributed by atoms with van der Waals surface area (Å²) >= 11 is 0. The molecule has 2 aromatic carbocycles. The lowest BCUT2D eigenvalue weighted by atomic mass is 9.99. The number of aryl methyl sites for hydroxylation is 1. The monoisotopic (exact) mass is 237 g/mol. The number of isocyanates is 1. The van der Waals surface area contributed by atoms with E-state index in [0.29, 0.717) is 0 Å². The number of benzene rings is 2. The van der Waals surface area contributed by atoms with E-state index >= 15 is 0 Å². The highest BCUT2D eigenvalue weighted by atomic mass is 16.1. The molecule has 2 rings (SSSR count). The molecule has 0 aliphatic heterocycles. The van der Waals surface area contributed by atoms with Crippen LogP contribution in [0.3, 0.4) is 0 Å². The second kappa shape index (κ2) is 5.95. The molecule has 18 heavy (non-hydrogen) atoms. The average Bonchev–Trinajstić information content (AvgIpc) is 2.40. The number of hydrogen-bond donors (Lipinski definition) is 0. The van der Waals surface area contributed by atoms with Crippen LogP contribution in [0.2, 0.25) is 0 Å². The van der Waals surface area contributed by atoms with E-state index in [2.05, 4.69) is 4.99 Å². The van der Waals surface area contributed by atoms with Crippen LogP contribution in [-0.4, -0.2) is 6.08 Å². The fourth-order valence-corrected chi connectivity index (χ4v) is 1.93. The van der Waals surface area contributed by atoms with Crippen LogP contribution in [0.15, 0.2) is 59.6 Å². The third-order valence-corrected chi connectivity index (χ3v) is 2.94. The molecule has 0 amide bonds. The Morgan fingerprint density at radius 2 is 1.72 bits per heavy atom. The molecule has 0 aliphatic carbocycles. The van der Waals surface area contributed by atoms with Gasteiger partial charge in [-0.3, -0.25) is 0 Å². The van der Waals surface area contributed by atoms with Crippen LogP contribution in [-0.2, 0) is 11.2 Å². The second-order valence-electron chi connectivity index (χ2n) is 4.34. The standard InChI is InChI=1S/C16H15NO/c1-13-7-9-15(10-8-13)16(17-12-18)11-14-5-3-2-4-6-14/h2-10,16H,11H2,1H3. The predicted molar refractivity (Wildman–Crippen MR) is 72.2 cm³/mol. The van der Waals surface area contributed by atoms with Gasteiger partial charge in [0.05, 0.1) is 6.04 Å². The molecular weight excluding hydrogens is 222 g/mol. The van der Waals surface area contributed by atoms with Gasteiger partial charge in [-0.25, -0.2) is 4.79 Å². The van der Waals surface area contributed by atoms with Gasteiger partial charge in [-0.1, -0.05) is 60.2 Å². The molecule has 0 radical (unpaired) electrons. The average molecular weight is 237 g/mol. The van der Waals surface area contributed by atoms with Crippen molar-refractivity contribution in [3.63, 3.8) is 0 Å². The molecule has 1 atom stereocenters. The molecule has 0 bridgehead atoms. The topological polar surface area (TPSA) is 29.4 Å². The van der Waals surface area contributed by atoms with E-state index in [1.807, 2.05) is 61.5 Å². The van der Waals surface area contributed by atoms with Crippen LogP contribution in [0, 0.1) is 6.92 Å². The quantitative estimate of drug-likeness (QED) is 0.590. The highest BCUT2D eigenvalue weighted by molar-refractivity contribution is 5.37. The zero-order chi connectivity index (χ0) is 12.8. The SMILES string of the molecule is Cc1ccc(C(Cc2ccccc2)N=C=O)cc1. The Bertz CT molecular complexity index is 539. The van der Waals surface area contributed by atoms with E-state index in [-0.39, 0.29) is 6.04 Å². The number of carbonyl (C=O) groups excluding carboxylic acids is 1. The molecule has 0 spiro atoms. The minimum absolute atomic E-state index is 0.148. The van der Waals surface area contributed by atoms with Crippen molar-refractivity contribution in [3.8, 4) is 0 Å². The first-order valence-corrected chi connectivity index (χ1v) is 5.97. The van der Waals surface area contributed by atoms with Crippen LogP contribution in [0.1, 0.15) is 22.7 Å². The van der Waals surface area contributed by atoms with Gasteiger partial charge in [0.2, 0.25) is 6.08 Å². The molecule has 0 heterocycles. The van der Waals surface area contributed by atoms with E-state index in [0.717, 1.165) is 12.0 Å². The molecule has 0 saturated heterocycles. The van der Waals surface area contributed by atoms with Crippen molar-refractivity contribution in [2.75, 3.05) is 0 Å². The first-order valence-electron chi connectivity index (χ1n) is 5.97. The number of rotatable bonds is 4. The van der Waals surface area contributed by atoms with Crippen LogP contribution in [0.25, 0.3) is 0 Å². The van der Waals surface area contributed by atoms with Gasteiger partial charge in [0.1, 0.15) is 0 Å². The smallest absolute Gasteiger partial charge is 0.211 e. The van der Waals surface area contributed by atoms with Crippen molar-refractivity contribution in [2.24, 2.45) is 4.99 Å². The van der Waals surface area contributed by atoms with Gasteiger partial charge in [0, 0.05) is 0 Å². The Hall–Kier alpha value is -2.18. The summed E-state index contributed by atoms with van der Waals surface area (Å²) < 4.78 is 0. The van der Waals surface area contributed by atoms with Crippen LogP contribution < -0.4 is 0 Å². The van der Waals surface area contributed by atoms with E-state index in [1.165, 1.54) is 11.1 Å². The van der Waals surface area contributed by atoms with E-state index in [1.54, 1.807) is 6.08 Å². The fourth-order valence-electron chi connectivity index (χ4n) is 1.93. The zero-order valence-corrected chi connectivity index (χ0v) is 10.3. The fraction of sp³-hybridized carbons (Fsp3) is 0.188. The van der Waals surface area contributed by atoms with Crippen LogP contribution in [0.4, 0.5) is 0 Å². The Labute approximate surface area is 107 Å². The molecular formula is C16H15NO. The summed E-state index contributed by atoms with van der Waals surface area (Å²) in [4.78, 5) is 14.5. The van der Waals surface area contributed by atoms with Crippen molar-refractivity contribution >= 4 is 6.08 Å². The van der Waals surface area contributed by atoms with Crippen molar-refractivity contribution in [3.05, 3.63) is 71.3 Å². The van der Waals surface area contributed by atoms with E-state index in [9.17, 15) is 4.79 Å². The second-order valence-corrected chi connectivity index (χ2v) is 4.34. The largest absolute Gasteiger partial charge is 0.235 e. The van der Waals surface area contributed by atoms with Gasteiger partial charge in [-0.15, -0.1) is 0 Å². The molecule has 0 aromatic heterocycles. The summed E-state index contributed by atoms with van der Waals surface area (Å²) in [5, 5.41) is 0. The first kappa shape index (κ1) is 12.3. The molecule has 2 aromatic rings. The van der Waals surface area contributed by atoms with Gasteiger partial charge >= 0.3 is 0 Å². The summed E-state index contributed by atoms with van der Waals surface area (Å²) in [6.45, 7) is 2.04. The third kappa shape index (κ3) is 3.16. The highest BCUT2D eigenvalue weighted by Crippen LogP contribution is 2.22. The van der Waals surface area contributed by atoms with Gasteiger partial charge in [-0.05, 0) is 24.5 Å². The minimum atomic E-state index is -0.148. The summed E-state index contributed by atoms with van der Waals surface area (Å²) in [6.07, 6.45) is 2.40. The number of aliphatic imine (C=N–C) groups is 1. The Morgan fingerprint density at radius 1 is 1.06 bits per heavy atom. The molecule has 0 fully saturated rings. The molecule has 0 aliphatic rings. The van der Waals surface area contributed by atoms with Gasteiger partial charge in [-0.2, -0.15) is 4.99 Å². The predicted octanol–water partition coefficient (Wildman–Crippen LogP) is 3.61. The molecule has 90 valence electrons. The lowest BCUT2D eigenvalue weighted by molar-refractivity contribution is 0.557. The Morgan fingerprint density at radius 3 is 2.33 bits per heavy atom. The molecule has 2 heteroatoms. The molecule has 2 nitrogen and oxygen atoms in total. The maximum absolute atomic E-state index is 10.6. The molecule has 1 unspecified atom stereocenters. The van der Waals surface area contributed by atoms with E-state index in [4.69, 9.17) is 0 Å². The summed E-state index contributed by atoms with van der Waals surface area (Å²) in [5.41, 5.74) is 3.42. The van der Waals surface area contributed by atoms with Gasteiger partial charge in [0.15, 0.2) is 0 Å². The first-order chi connectivity index (χ1) is 8.79. The van der Waals surface area contributed by atoms with Gasteiger partial charge < -0.3 is 0 Å². The maximum Gasteiger partial charge on any atom is 0.235 e. The van der Waals surface area contributed by atoms with Crippen molar-refractivity contribution in [2.45, 2.75) is 19.4 Å². The summed E-state index contributed by atoms with van der Waals surface area (Å²) in [7, 11) is 0. The Kier molecular flexibility index (Phi) is 4.06. The Balaban J connectivity index is 2.23. The van der Waals surface area contributed by atoms with E-state index < -0.39 is 0 Å². The third-order valence-electron chi connectivity index (χ3n) is 2.94. The normalized spacial score (nSPS) is 11.6. The van der Waals surface area contributed by atoms with Gasteiger partial charge in [0.25, 0.3) is 0 Å². The van der Waals surface area contributed by atoms with Crippen molar-refractivity contribution in [1.82, 2.24) is 0 Å². The molecule has 0 saturated carbocycles. The number of hydrogen-bond acceptors (Lipinski definition) is 2. The minimum Gasteiger partial charge on any atom is -0.211 e. The lowest BCUT2D eigenvalue weighted by Crippen LogP contribution is -2.00. The maximum atomic E-state index is 10.6.